The summed E-state index contributed by atoms with van der Waals surface area (Å²) in [4.78, 5) is 25.1. The maximum absolute atomic E-state index is 12.1. The maximum Gasteiger partial charge on any atom is 0.258 e. The molecule has 1 aliphatic heterocycles. The van der Waals surface area contributed by atoms with Crippen LogP contribution in [0.1, 0.15) is 79.8 Å². The van der Waals surface area contributed by atoms with Crippen LogP contribution in [0.3, 0.4) is 0 Å². The number of halogens is 3. The minimum atomic E-state index is -1.10. The fourth-order valence-electron chi connectivity index (χ4n) is 5.82. The zero-order valence-electron chi connectivity index (χ0n) is 21.5. The van der Waals surface area contributed by atoms with Crippen molar-refractivity contribution in [1.29, 1.82) is 0 Å². The van der Waals surface area contributed by atoms with Crippen LogP contribution in [0, 0.1) is 0 Å². The molecule has 0 radical (unpaired) electrons. The summed E-state index contributed by atoms with van der Waals surface area (Å²) in [5, 5.41) is 15.2. The molecule has 2 fully saturated rings. The number of benzene rings is 3. The van der Waals surface area contributed by atoms with Crippen LogP contribution in [0.4, 0.5) is 0 Å². The molecule has 0 bridgehead atoms. The Labute approximate surface area is 255 Å². The van der Waals surface area contributed by atoms with E-state index in [9.17, 15) is 14.7 Å². The normalized spacial score (nSPS) is 21.4. The molecule has 41 heavy (non-hydrogen) atoms. The van der Waals surface area contributed by atoms with E-state index in [1.54, 1.807) is 30.3 Å². The summed E-state index contributed by atoms with van der Waals surface area (Å²) >= 11 is 21.2. The third kappa shape index (κ3) is 4.74. The summed E-state index contributed by atoms with van der Waals surface area (Å²) in [6.07, 6.45) is 3.16. The van der Waals surface area contributed by atoms with Gasteiger partial charge in [0.25, 0.3) is 11.8 Å². The molecule has 2 aliphatic carbocycles. The third-order valence-electron chi connectivity index (χ3n) is 8.19. The number of hydrogen-bond donors (Lipinski definition) is 2. The zero-order chi connectivity index (χ0) is 28.5. The fraction of sp³-hybridized carbons (Fsp3) is 0.258. The predicted molar refractivity (Wildman–Crippen MR) is 159 cm³/mol. The van der Waals surface area contributed by atoms with Crippen molar-refractivity contribution >= 4 is 58.1 Å². The van der Waals surface area contributed by atoms with Gasteiger partial charge in [-0.1, -0.05) is 53.0 Å². The van der Waals surface area contributed by atoms with E-state index in [4.69, 9.17) is 43.9 Å². The highest BCUT2D eigenvalue weighted by Gasteiger charge is 2.46. The first kappa shape index (κ1) is 26.9. The molecule has 0 atom stereocenters. The van der Waals surface area contributed by atoms with Crippen molar-refractivity contribution in [3.63, 3.8) is 0 Å². The number of imide groups is 1. The van der Waals surface area contributed by atoms with Crippen LogP contribution in [0.5, 0.6) is 5.75 Å². The molecule has 7 rings (SSSR count). The summed E-state index contributed by atoms with van der Waals surface area (Å²) in [5.74, 6) is 0.344. The minimum Gasteiger partial charge on any atom is -0.489 e. The molecule has 2 heterocycles. The molecule has 0 unspecified atom stereocenters. The summed E-state index contributed by atoms with van der Waals surface area (Å²) in [6, 6.07) is 16.0. The number of fused-ring (bicyclic) bond motifs is 1. The number of aromatic nitrogens is 1. The number of carbonyl (C=O) groups excluding carboxylic acids is 2. The van der Waals surface area contributed by atoms with Gasteiger partial charge in [0.2, 0.25) is 0 Å². The number of ether oxygens (including phenoxy) is 1. The predicted octanol–water partition coefficient (Wildman–Crippen LogP) is 7.88. The number of aliphatic hydroxyl groups is 1. The largest absolute Gasteiger partial charge is 0.489 e. The van der Waals surface area contributed by atoms with E-state index in [0.29, 0.717) is 61.8 Å². The molecule has 208 valence electrons. The van der Waals surface area contributed by atoms with Crippen LogP contribution in [0.2, 0.25) is 15.1 Å². The number of amides is 2. The summed E-state index contributed by atoms with van der Waals surface area (Å²) in [7, 11) is 0. The summed E-state index contributed by atoms with van der Waals surface area (Å²) in [6.45, 7) is 0.287. The van der Waals surface area contributed by atoms with Gasteiger partial charge in [-0.3, -0.25) is 14.9 Å². The molecule has 2 saturated carbocycles. The molecule has 2 N–H and O–H groups in total. The van der Waals surface area contributed by atoms with Gasteiger partial charge in [0.1, 0.15) is 12.4 Å². The topological polar surface area (TPSA) is 88.5 Å². The Bertz CT molecular complexity index is 1720. The Kier molecular flexibility index (Phi) is 6.64. The van der Waals surface area contributed by atoms with Gasteiger partial charge in [-0.25, -0.2) is 0 Å². The Morgan fingerprint density at radius 2 is 1.66 bits per heavy atom. The molecule has 3 aliphatic rings. The smallest absolute Gasteiger partial charge is 0.258 e. The first-order valence-electron chi connectivity index (χ1n) is 13.3. The van der Waals surface area contributed by atoms with Gasteiger partial charge in [-0.2, -0.15) is 4.37 Å². The van der Waals surface area contributed by atoms with E-state index < -0.39 is 5.60 Å². The molecule has 0 saturated heterocycles. The number of hydrogen-bond acceptors (Lipinski definition) is 6. The lowest BCUT2D eigenvalue weighted by molar-refractivity contribution is -0.0549. The standard InChI is InChI=1S/C31H23Cl3N2O4S/c32-23-2-1-3-24(33)26(23)27-21(28(41-36-27)15-4-5-15)14-40-18-7-9-22(25(34)11-18)31(39)12-17(13-31)16-6-8-19-20(10-16)30(38)35-29(19)37/h1-3,6-11,15,17,39H,4-5,12-14H2,(H,35,37,38). The van der Waals surface area contributed by atoms with Gasteiger partial charge in [-0.15, -0.1) is 0 Å². The lowest BCUT2D eigenvalue weighted by atomic mass is 9.65. The molecule has 1 aromatic heterocycles. The molecule has 10 heteroatoms. The SMILES string of the molecule is O=C1NC(=O)c2cc(C3CC(O)(c4ccc(OCc5c(-c6c(Cl)cccc6Cl)nsc5C5CC5)cc4Cl)C3)ccc21. The van der Waals surface area contributed by atoms with Gasteiger partial charge in [0.15, 0.2) is 0 Å². The van der Waals surface area contributed by atoms with Crippen molar-refractivity contribution in [2.45, 2.75) is 49.7 Å². The molecular weight excluding hydrogens is 603 g/mol. The van der Waals surface area contributed by atoms with Gasteiger partial charge in [0.05, 0.1) is 37.5 Å². The quantitative estimate of drug-likeness (QED) is 0.204. The van der Waals surface area contributed by atoms with Crippen molar-refractivity contribution in [1.82, 2.24) is 9.69 Å². The average molecular weight is 626 g/mol. The molecule has 0 spiro atoms. The lowest BCUT2D eigenvalue weighted by Gasteiger charge is -2.45. The Morgan fingerprint density at radius 3 is 2.37 bits per heavy atom. The fourth-order valence-corrected chi connectivity index (χ4v) is 7.78. The first-order chi connectivity index (χ1) is 19.7. The molecule has 2 amide bonds. The van der Waals surface area contributed by atoms with Crippen LogP contribution < -0.4 is 10.1 Å². The Balaban J connectivity index is 1.08. The van der Waals surface area contributed by atoms with Crippen molar-refractivity contribution in [2.75, 3.05) is 0 Å². The Morgan fingerprint density at radius 1 is 0.927 bits per heavy atom. The van der Waals surface area contributed by atoms with Crippen molar-refractivity contribution in [3.05, 3.63) is 102 Å². The van der Waals surface area contributed by atoms with Crippen molar-refractivity contribution < 1.29 is 19.4 Å². The molecule has 3 aromatic carbocycles. The van der Waals surface area contributed by atoms with Crippen LogP contribution >= 0.6 is 46.3 Å². The zero-order valence-corrected chi connectivity index (χ0v) is 24.6. The average Bonchev–Trinajstić information content (AvgIpc) is 3.63. The van der Waals surface area contributed by atoms with E-state index in [2.05, 4.69) is 5.32 Å². The van der Waals surface area contributed by atoms with Crippen LogP contribution in [0.15, 0.2) is 54.6 Å². The highest BCUT2D eigenvalue weighted by Crippen LogP contribution is 2.53. The second kappa shape index (κ2) is 10.1. The van der Waals surface area contributed by atoms with Crippen molar-refractivity contribution in [3.8, 4) is 17.0 Å². The molecular formula is C31H23Cl3N2O4S. The third-order valence-corrected chi connectivity index (χ3v) is 10.2. The van der Waals surface area contributed by atoms with Crippen molar-refractivity contribution in [2.24, 2.45) is 0 Å². The second-order valence-electron chi connectivity index (χ2n) is 10.9. The van der Waals surface area contributed by atoms with Gasteiger partial charge in [-0.05, 0) is 91.0 Å². The van der Waals surface area contributed by atoms with E-state index in [1.165, 1.54) is 16.4 Å². The van der Waals surface area contributed by atoms with Crippen LogP contribution in [-0.2, 0) is 12.2 Å². The highest BCUT2D eigenvalue weighted by atomic mass is 35.5. The summed E-state index contributed by atoms with van der Waals surface area (Å²) < 4.78 is 10.9. The van der Waals surface area contributed by atoms with E-state index in [1.807, 2.05) is 24.3 Å². The van der Waals surface area contributed by atoms with E-state index in [0.717, 1.165) is 29.7 Å². The highest BCUT2D eigenvalue weighted by molar-refractivity contribution is 7.06. The number of carbonyl (C=O) groups is 2. The van der Waals surface area contributed by atoms with E-state index >= 15 is 0 Å². The summed E-state index contributed by atoms with van der Waals surface area (Å²) in [5.41, 5.74) is 3.67. The monoisotopic (exact) mass is 624 g/mol. The maximum atomic E-state index is 12.1. The second-order valence-corrected chi connectivity index (χ2v) is 12.9. The first-order valence-corrected chi connectivity index (χ1v) is 15.2. The number of nitrogens with one attached hydrogen (secondary N) is 1. The molecule has 4 aromatic rings. The van der Waals surface area contributed by atoms with Crippen LogP contribution in [0.25, 0.3) is 11.3 Å². The van der Waals surface area contributed by atoms with Gasteiger partial charge in [0, 0.05) is 21.6 Å². The van der Waals surface area contributed by atoms with Gasteiger partial charge < -0.3 is 9.84 Å². The lowest BCUT2D eigenvalue weighted by Crippen LogP contribution is -2.40. The van der Waals surface area contributed by atoms with E-state index in [-0.39, 0.29) is 24.3 Å². The number of rotatable bonds is 7. The molecule has 6 nitrogen and oxygen atoms in total. The Hall–Kier alpha value is -2.94. The van der Waals surface area contributed by atoms with Crippen LogP contribution in [-0.4, -0.2) is 21.3 Å². The number of nitrogens with zero attached hydrogens (tertiary/aromatic N) is 1. The minimum absolute atomic E-state index is 0.0442. The van der Waals surface area contributed by atoms with Gasteiger partial charge >= 0.3 is 0 Å².